The molecule has 2 aromatic rings. The van der Waals surface area contributed by atoms with Crippen molar-refractivity contribution in [3.63, 3.8) is 0 Å². The van der Waals surface area contributed by atoms with Crippen LogP contribution in [0.25, 0.3) is 0 Å². The van der Waals surface area contributed by atoms with Crippen molar-refractivity contribution in [1.29, 1.82) is 0 Å². The van der Waals surface area contributed by atoms with Crippen LogP contribution < -0.4 is 0 Å². The van der Waals surface area contributed by atoms with Gasteiger partial charge in [-0.25, -0.2) is 0 Å². The van der Waals surface area contributed by atoms with Crippen LogP contribution in [0.1, 0.15) is 146 Å². The molecule has 0 aromatic heterocycles. The lowest BCUT2D eigenvalue weighted by Crippen LogP contribution is -2.03. The minimum absolute atomic E-state index is 0.304. The van der Waals surface area contributed by atoms with E-state index in [2.05, 4.69) is 30.1 Å². The van der Waals surface area contributed by atoms with E-state index in [0.717, 1.165) is 48.1 Å². The highest BCUT2D eigenvalue weighted by Crippen LogP contribution is 2.18. The van der Waals surface area contributed by atoms with E-state index in [-0.39, 0.29) is 0 Å². The maximum Gasteiger partial charge on any atom is 0.137 e. The lowest BCUT2D eigenvalue weighted by molar-refractivity contribution is -0.119. The molecule has 226 valence electrons. The SMILES string of the molecule is CCCCCCCCCCC(=O)Cc1cccc(CN=Nc2cccc(CC(=O)CCCCCCCCCC)c2)c1. The summed E-state index contributed by atoms with van der Waals surface area (Å²) in [5.74, 6) is 0.627. The highest BCUT2D eigenvalue weighted by Gasteiger charge is 2.06. The van der Waals surface area contributed by atoms with Gasteiger partial charge in [0.15, 0.2) is 0 Å². The number of nitrogens with zero attached hydrogens (tertiary/aromatic N) is 2. The van der Waals surface area contributed by atoms with Gasteiger partial charge in [0.05, 0.1) is 12.2 Å². The zero-order valence-electron chi connectivity index (χ0n) is 26.2. The molecule has 0 saturated heterocycles. The molecule has 0 aliphatic heterocycles. The van der Waals surface area contributed by atoms with Crippen molar-refractivity contribution in [3.05, 3.63) is 65.2 Å². The largest absolute Gasteiger partial charge is 0.299 e. The molecule has 0 spiro atoms. The number of hydrogen-bond acceptors (Lipinski definition) is 4. The zero-order valence-corrected chi connectivity index (χ0v) is 26.2. The number of benzene rings is 2. The fourth-order valence-electron chi connectivity index (χ4n) is 5.31. The summed E-state index contributed by atoms with van der Waals surface area (Å²) >= 11 is 0. The van der Waals surface area contributed by atoms with E-state index < -0.39 is 0 Å². The number of carbonyl (C=O) groups is 2. The number of hydrogen-bond donors (Lipinski definition) is 0. The quantitative estimate of drug-likeness (QED) is 0.0895. The van der Waals surface area contributed by atoms with Gasteiger partial charge in [-0.15, -0.1) is 0 Å². The van der Waals surface area contributed by atoms with Crippen LogP contribution >= 0.6 is 0 Å². The van der Waals surface area contributed by atoms with Crippen molar-refractivity contribution in [2.24, 2.45) is 10.2 Å². The van der Waals surface area contributed by atoms with Crippen LogP contribution in [0.3, 0.4) is 0 Å². The first-order chi connectivity index (χ1) is 20.1. The first-order valence-electron chi connectivity index (χ1n) is 16.7. The second-order valence-electron chi connectivity index (χ2n) is 11.8. The third-order valence-electron chi connectivity index (χ3n) is 7.76. The van der Waals surface area contributed by atoms with Gasteiger partial charge < -0.3 is 0 Å². The highest BCUT2D eigenvalue weighted by atomic mass is 16.1. The predicted molar refractivity (Wildman–Crippen MR) is 173 cm³/mol. The summed E-state index contributed by atoms with van der Waals surface area (Å²) in [5.41, 5.74) is 3.89. The first-order valence-corrected chi connectivity index (χ1v) is 16.7. The van der Waals surface area contributed by atoms with E-state index in [0.29, 0.717) is 43.8 Å². The molecule has 0 aliphatic carbocycles. The normalized spacial score (nSPS) is 11.4. The molecule has 0 atom stereocenters. The van der Waals surface area contributed by atoms with Gasteiger partial charge in [-0.2, -0.15) is 10.2 Å². The van der Waals surface area contributed by atoms with E-state index in [1.54, 1.807) is 0 Å². The second-order valence-corrected chi connectivity index (χ2v) is 11.8. The molecule has 41 heavy (non-hydrogen) atoms. The third-order valence-corrected chi connectivity index (χ3v) is 7.76. The average Bonchev–Trinajstić information content (AvgIpc) is 2.96. The standard InChI is InChI=1S/C37H56N2O2/c1-3-5-7-9-11-13-15-17-25-36(40)29-32-21-19-23-34(27-32)31-38-39-35-24-20-22-33(28-35)30-37(41)26-18-16-14-12-10-8-6-4-2/h19-24,27-28H,3-18,25-26,29-31H2,1-2H3. The number of unbranched alkanes of at least 4 members (excludes halogenated alkanes) is 14. The van der Waals surface area contributed by atoms with Gasteiger partial charge in [-0.1, -0.05) is 140 Å². The minimum atomic E-state index is 0.304. The van der Waals surface area contributed by atoms with Crippen molar-refractivity contribution < 1.29 is 9.59 Å². The van der Waals surface area contributed by atoms with Crippen molar-refractivity contribution in [2.45, 2.75) is 149 Å². The lowest BCUT2D eigenvalue weighted by Gasteiger charge is -2.05. The Bertz CT molecular complexity index is 1010. The van der Waals surface area contributed by atoms with Crippen LogP contribution in [0.4, 0.5) is 5.69 Å². The van der Waals surface area contributed by atoms with Gasteiger partial charge in [-0.3, -0.25) is 9.59 Å². The van der Waals surface area contributed by atoms with Gasteiger partial charge in [0.1, 0.15) is 11.6 Å². The molecule has 4 nitrogen and oxygen atoms in total. The summed E-state index contributed by atoms with van der Waals surface area (Å²) in [7, 11) is 0. The maximum atomic E-state index is 12.5. The Morgan fingerprint density at radius 2 is 0.976 bits per heavy atom. The van der Waals surface area contributed by atoms with Crippen molar-refractivity contribution >= 4 is 17.3 Å². The molecular formula is C37H56N2O2. The molecule has 0 aliphatic rings. The lowest BCUT2D eigenvalue weighted by atomic mass is 10.0. The number of carbonyl (C=O) groups excluding carboxylic acids is 2. The molecule has 2 aromatic carbocycles. The summed E-state index contributed by atoms with van der Waals surface area (Å²) in [4.78, 5) is 24.9. The number of azo groups is 1. The molecule has 0 bridgehead atoms. The second kappa shape index (κ2) is 23.0. The Labute approximate surface area is 250 Å². The molecule has 2 rings (SSSR count). The Balaban J connectivity index is 1.67. The van der Waals surface area contributed by atoms with E-state index in [4.69, 9.17) is 0 Å². The van der Waals surface area contributed by atoms with Crippen LogP contribution in [0.5, 0.6) is 0 Å². The zero-order chi connectivity index (χ0) is 29.4. The fourth-order valence-corrected chi connectivity index (χ4v) is 5.31. The summed E-state index contributed by atoms with van der Waals surface area (Å²) in [6.07, 6.45) is 22.3. The molecule has 0 saturated carbocycles. The summed E-state index contributed by atoms with van der Waals surface area (Å²) < 4.78 is 0. The van der Waals surface area contributed by atoms with E-state index >= 15 is 0 Å². The predicted octanol–water partition coefficient (Wildman–Crippen LogP) is 11.3. The van der Waals surface area contributed by atoms with Gasteiger partial charge in [0, 0.05) is 25.7 Å². The van der Waals surface area contributed by atoms with Crippen LogP contribution in [0, 0.1) is 0 Å². The molecule has 0 fully saturated rings. The number of ketones is 2. The maximum absolute atomic E-state index is 12.5. The monoisotopic (exact) mass is 560 g/mol. The number of Topliss-reactive ketones (excluding diaryl/α,β-unsaturated/α-hetero) is 2. The average molecular weight is 561 g/mol. The summed E-state index contributed by atoms with van der Waals surface area (Å²) in [6.45, 7) is 4.96. The fraction of sp³-hybridized carbons (Fsp3) is 0.622. The molecule has 0 N–H and O–H groups in total. The highest BCUT2D eigenvalue weighted by molar-refractivity contribution is 5.81. The van der Waals surface area contributed by atoms with E-state index in [9.17, 15) is 9.59 Å². The summed E-state index contributed by atoms with van der Waals surface area (Å²) in [5, 5.41) is 8.81. The van der Waals surface area contributed by atoms with Crippen LogP contribution in [0.2, 0.25) is 0 Å². The first kappa shape index (κ1) is 34.6. The van der Waals surface area contributed by atoms with Crippen molar-refractivity contribution in [3.8, 4) is 0 Å². The van der Waals surface area contributed by atoms with E-state index in [1.165, 1.54) is 77.0 Å². The van der Waals surface area contributed by atoms with Crippen LogP contribution in [-0.4, -0.2) is 11.6 Å². The van der Waals surface area contributed by atoms with Gasteiger partial charge in [0.2, 0.25) is 0 Å². The van der Waals surface area contributed by atoms with Gasteiger partial charge in [0.25, 0.3) is 0 Å². The Hall–Kier alpha value is -2.62. The molecule has 4 heteroatoms. The number of rotatable bonds is 25. The van der Waals surface area contributed by atoms with Crippen LogP contribution in [-0.2, 0) is 29.0 Å². The third kappa shape index (κ3) is 17.7. The van der Waals surface area contributed by atoms with Crippen molar-refractivity contribution in [1.82, 2.24) is 0 Å². The topological polar surface area (TPSA) is 58.9 Å². The molecule has 0 heterocycles. The Morgan fingerprint density at radius 1 is 0.537 bits per heavy atom. The molecule has 0 amide bonds. The Morgan fingerprint density at radius 3 is 1.51 bits per heavy atom. The van der Waals surface area contributed by atoms with Crippen LogP contribution in [0.15, 0.2) is 58.8 Å². The minimum Gasteiger partial charge on any atom is -0.299 e. The Kier molecular flexibility index (Phi) is 19.4. The molecule has 0 unspecified atom stereocenters. The van der Waals surface area contributed by atoms with Gasteiger partial charge >= 0.3 is 0 Å². The molecular weight excluding hydrogens is 504 g/mol. The molecule has 0 radical (unpaired) electrons. The summed E-state index contributed by atoms with van der Waals surface area (Å²) in [6, 6.07) is 16.0. The van der Waals surface area contributed by atoms with E-state index in [1.807, 2.05) is 42.5 Å². The van der Waals surface area contributed by atoms with Crippen molar-refractivity contribution in [2.75, 3.05) is 0 Å². The smallest absolute Gasteiger partial charge is 0.137 e. The van der Waals surface area contributed by atoms with Gasteiger partial charge in [-0.05, 0) is 41.7 Å².